The molecule has 5 nitrogen and oxygen atoms in total. The van der Waals surface area contributed by atoms with Crippen molar-refractivity contribution in [1.29, 1.82) is 0 Å². The number of thioether (sulfide) groups is 1. The van der Waals surface area contributed by atoms with Crippen LogP contribution in [0.1, 0.15) is 23.9 Å². The van der Waals surface area contributed by atoms with Crippen LogP contribution >= 0.6 is 27.7 Å². The third kappa shape index (κ3) is 5.23. The van der Waals surface area contributed by atoms with E-state index in [0.717, 1.165) is 29.9 Å². The molecule has 2 aromatic carbocycles. The summed E-state index contributed by atoms with van der Waals surface area (Å²) in [5.74, 6) is -0.0331. The number of benzene rings is 2. The van der Waals surface area contributed by atoms with Gasteiger partial charge in [-0.1, -0.05) is 46.7 Å². The summed E-state index contributed by atoms with van der Waals surface area (Å²) in [6.45, 7) is 3.86. The number of anilines is 1. The van der Waals surface area contributed by atoms with Gasteiger partial charge in [-0.15, -0.1) is 10.2 Å². The van der Waals surface area contributed by atoms with E-state index in [1.54, 1.807) is 11.5 Å². The number of aryl methyl sites for hydroxylation is 2. The number of carbonyl (C=O) groups excluding carboxylic acids is 1. The minimum Gasteiger partial charge on any atom is -0.325 e. The van der Waals surface area contributed by atoms with E-state index in [4.69, 9.17) is 0 Å². The van der Waals surface area contributed by atoms with Gasteiger partial charge in [0.25, 0.3) is 0 Å². The van der Waals surface area contributed by atoms with Gasteiger partial charge in [0, 0.05) is 10.2 Å². The van der Waals surface area contributed by atoms with E-state index >= 15 is 0 Å². The SMILES string of the molecule is CCc1ccc(-n2c(C)nnc2SCC(=O)Nc2ccc(Br)cc2C(F)(F)F)cc1. The van der Waals surface area contributed by atoms with Crippen molar-refractivity contribution >= 4 is 39.3 Å². The first kappa shape index (κ1) is 22.4. The molecule has 1 aromatic heterocycles. The largest absolute Gasteiger partial charge is 0.418 e. The number of carbonyl (C=O) groups is 1. The van der Waals surface area contributed by atoms with Gasteiger partial charge in [0.05, 0.1) is 17.0 Å². The standard InChI is InChI=1S/C20H18BrF3N4OS/c1-3-13-4-7-15(8-5-13)28-12(2)26-27-19(28)30-11-18(29)25-17-9-6-14(21)10-16(17)20(22,23)24/h4-10H,3,11H2,1-2H3,(H,25,29). The second-order valence-electron chi connectivity index (χ2n) is 6.41. The van der Waals surface area contributed by atoms with Gasteiger partial charge in [-0.25, -0.2) is 0 Å². The Morgan fingerprint density at radius 3 is 2.50 bits per heavy atom. The molecule has 158 valence electrons. The molecule has 0 aliphatic heterocycles. The van der Waals surface area contributed by atoms with Crippen molar-refractivity contribution in [2.45, 2.75) is 31.6 Å². The van der Waals surface area contributed by atoms with Crippen LogP contribution in [0.15, 0.2) is 52.1 Å². The summed E-state index contributed by atoms with van der Waals surface area (Å²) in [6, 6.07) is 11.5. The lowest BCUT2D eigenvalue weighted by molar-refractivity contribution is -0.137. The number of halogens is 4. The fourth-order valence-electron chi connectivity index (χ4n) is 2.79. The Morgan fingerprint density at radius 2 is 1.87 bits per heavy atom. The Kier molecular flexibility index (Phi) is 6.87. The van der Waals surface area contributed by atoms with Crippen molar-refractivity contribution in [2.24, 2.45) is 0 Å². The fourth-order valence-corrected chi connectivity index (χ4v) is 3.95. The summed E-state index contributed by atoms with van der Waals surface area (Å²) in [4.78, 5) is 12.3. The molecule has 0 radical (unpaired) electrons. The van der Waals surface area contributed by atoms with E-state index in [9.17, 15) is 18.0 Å². The lowest BCUT2D eigenvalue weighted by atomic mass is 10.1. The monoisotopic (exact) mass is 498 g/mol. The number of rotatable bonds is 6. The van der Waals surface area contributed by atoms with Gasteiger partial charge >= 0.3 is 6.18 Å². The van der Waals surface area contributed by atoms with Gasteiger partial charge in [-0.3, -0.25) is 9.36 Å². The van der Waals surface area contributed by atoms with Crippen molar-refractivity contribution < 1.29 is 18.0 Å². The molecule has 3 aromatic rings. The van der Waals surface area contributed by atoms with Crippen LogP contribution in [-0.2, 0) is 17.4 Å². The zero-order valence-electron chi connectivity index (χ0n) is 16.1. The maximum Gasteiger partial charge on any atom is 0.418 e. The highest BCUT2D eigenvalue weighted by molar-refractivity contribution is 9.10. The summed E-state index contributed by atoms with van der Waals surface area (Å²) in [5, 5.41) is 11.0. The molecule has 0 fully saturated rings. The highest BCUT2D eigenvalue weighted by Crippen LogP contribution is 2.36. The molecule has 30 heavy (non-hydrogen) atoms. The lowest BCUT2D eigenvalue weighted by Crippen LogP contribution is -2.18. The fraction of sp³-hybridized carbons (Fsp3) is 0.250. The van der Waals surface area contributed by atoms with Crippen LogP contribution in [0.4, 0.5) is 18.9 Å². The summed E-state index contributed by atoms with van der Waals surface area (Å²) >= 11 is 4.13. The molecule has 0 spiro atoms. The molecule has 10 heteroatoms. The molecule has 0 saturated carbocycles. The second kappa shape index (κ2) is 9.22. The predicted octanol–water partition coefficient (Wildman–Crippen LogP) is 5.65. The molecule has 0 bridgehead atoms. The van der Waals surface area contributed by atoms with Gasteiger partial charge in [0.15, 0.2) is 5.16 Å². The Hall–Kier alpha value is -2.33. The molecule has 3 rings (SSSR count). The van der Waals surface area contributed by atoms with E-state index in [1.165, 1.54) is 17.7 Å². The van der Waals surface area contributed by atoms with Gasteiger partial charge in [0.1, 0.15) is 5.82 Å². The van der Waals surface area contributed by atoms with Crippen LogP contribution in [0.5, 0.6) is 0 Å². The smallest absolute Gasteiger partial charge is 0.325 e. The van der Waals surface area contributed by atoms with E-state index in [2.05, 4.69) is 38.4 Å². The molecule has 0 unspecified atom stereocenters. The number of hydrogen-bond acceptors (Lipinski definition) is 4. The van der Waals surface area contributed by atoms with Crippen LogP contribution in [-0.4, -0.2) is 26.4 Å². The quantitative estimate of drug-likeness (QED) is 0.446. The number of nitrogens with zero attached hydrogens (tertiary/aromatic N) is 3. The minimum atomic E-state index is -4.58. The van der Waals surface area contributed by atoms with Crippen LogP contribution in [0, 0.1) is 6.92 Å². The highest BCUT2D eigenvalue weighted by Gasteiger charge is 2.34. The van der Waals surface area contributed by atoms with E-state index in [-0.39, 0.29) is 15.9 Å². The zero-order chi connectivity index (χ0) is 21.9. The maximum absolute atomic E-state index is 13.2. The van der Waals surface area contributed by atoms with Gasteiger partial charge in [0.2, 0.25) is 5.91 Å². The molecule has 0 saturated heterocycles. The van der Waals surface area contributed by atoms with Crippen LogP contribution in [0.25, 0.3) is 5.69 Å². The number of hydrogen-bond donors (Lipinski definition) is 1. The summed E-state index contributed by atoms with van der Waals surface area (Å²) in [5.41, 5.74) is 0.840. The molecule has 0 aliphatic rings. The normalized spacial score (nSPS) is 11.5. The maximum atomic E-state index is 13.2. The minimum absolute atomic E-state index is 0.113. The van der Waals surface area contributed by atoms with E-state index < -0.39 is 17.6 Å². The Bertz CT molecular complexity index is 1050. The summed E-state index contributed by atoms with van der Waals surface area (Å²) < 4.78 is 41.8. The number of aromatic nitrogens is 3. The molecular formula is C20H18BrF3N4OS. The van der Waals surface area contributed by atoms with Gasteiger partial charge < -0.3 is 5.32 Å². The molecule has 0 aliphatic carbocycles. The second-order valence-corrected chi connectivity index (χ2v) is 8.27. The molecule has 1 N–H and O–H groups in total. The first-order valence-corrected chi connectivity index (χ1v) is 10.8. The van der Waals surface area contributed by atoms with Crippen molar-refractivity contribution in [2.75, 3.05) is 11.1 Å². The number of alkyl halides is 3. The van der Waals surface area contributed by atoms with Gasteiger partial charge in [-0.05, 0) is 49.2 Å². The highest BCUT2D eigenvalue weighted by atomic mass is 79.9. The Balaban J connectivity index is 1.74. The first-order valence-electron chi connectivity index (χ1n) is 8.99. The molecule has 0 atom stereocenters. The van der Waals surface area contributed by atoms with Crippen molar-refractivity contribution in [3.05, 3.63) is 63.9 Å². The Labute approximate surface area is 184 Å². The van der Waals surface area contributed by atoms with E-state index in [0.29, 0.717) is 11.0 Å². The third-order valence-electron chi connectivity index (χ3n) is 4.29. The number of nitrogens with one attached hydrogen (secondary N) is 1. The average molecular weight is 499 g/mol. The van der Waals surface area contributed by atoms with Crippen LogP contribution in [0.3, 0.4) is 0 Å². The zero-order valence-corrected chi connectivity index (χ0v) is 18.5. The topological polar surface area (TPSA) is 59.8 Å². The van der Waals surface area contributed by atoms with E-state index in [1.807, 2.05) is 24.3 Å². The molecule has 1 heterocycles. The molecular weight excluding hydrogens is 481 g/mol. The Morgan fingerprint density at radius 1 is 1.17 bits per heavy atom. The van der Waals surface area contributed by atoms with Crippen LogP contribution < -0.4 is 5.32 Å². The predicted molar refractivity (Wildman–Crippen MR) is 114 cm³/mol. The van der Waals surface area contributed by atoms with Crippen molar-refractivity contribution in [3.8, 4) is 5.69 Å². The average Bonchev–Trinajstić information content (AvgIpc) is 3.07. The first-order chi connectivity index (χ1) is 14.2. The number of amides is 1. The molecule has 1 amide bonds. The van der Waals surface area contributed by atoms with Gasteiger partial charge in [-0.2, -0.15) is 13.2 Å². The summed E-state index contributed by atoms with van der Waals surface area (Å²) in [6.07, 6.45) is -3.67. The van der Waals surface area contributed by atoms with Crippen LogP contribution in [0.2, 0.25) is 0 Å². The van der Waals surface area contributed by atoms with Crippen molar-refractivity contribution in [3.63, 3.8) is 0 Å². The summed E-state index contributed by atoms with van der Waals surface area (Å²) in [7, 11) is 0. The van der Waals surface area contributed by atoms with Crippen molar-refractivity contribution in [1.82, 2.24) is 14.8 Å². The third-order valence-corrected chi connectivity index (χ3v) is 5.71. The lowest BCUT2D eigenvalue weighted by Gasteiger charge is -2.14.